The number of nitrogens with two attached hydrogens (primary N) is 1. The number of primary amides is 1. The SMILES string of the molecule is CCC1(CC)CCC1CO.NC=O. The van der Waals surface area contributed by atoms with Crippen molar-refractivity contribution in [2.75, 3.05) is 6.61 Å². The number of amides is 1. The van der Waals surface area contributed by atoms with Gasteiger partial charge in [-0.05, 0) is 24.2 Å². The minimum absolute atomic E-state index is 0.250. The highest BCUT2D eigenvalue weighted by Gasteiger charge is 2.42. The number of carbonyl (C=O) groups is 1. The number of hydrogen-bond donors (Lipinski definition) is 2. The van der Waals surface area contributed by atoms with E-state index >= 15 is 0 Å². The molecule has 0 radical (unpaired) electrons. The normalized spacial score (nSPS) is 23.8. The Morgan fingerprint density at radius 3 is 2.08 bits per heavy atom. The molecule has 0 heterocycles. The molecule has 3 N–H and O–H groups in total. The van der Waals surface area contributed by atoms with E-state index in [0.717, 1.165) is 0 Å². The number of hydrogen-bond acceptors (Lipinski definition) is 2. The molecule has 1 fully saturated rings. The highest BCUT2D eigenvalue weighted by Crippen LogP contribution is 2.51. The summed E-state index contributed by atoms with van der Waals surface area (Å²) in [5, 5.41) is 8.98. The third kappa shape index (κ3) is 2.69. The summed E-state index contributed by atoms with van der Waals surface area (Å²) in [6, 6.07) is 0. The highest BCUT2D eigenvalue weighted by molar-refractivity contribution is 5.42. The van der Waals surface area contributed by atoms with E-state index in [2.05, 4.69) is 19.6 Å². The lowest BCUT2D eigenvalue weighted by Crippen LogP contribution is -2.41. The van der Waals surface area contributed by atoms with E-state index in [1.54, 1.807) is 0 Å². The second-order valence-corrected chi connectivity index (χ2v) is 3.62. The predicted molar refractivity (Wildman–Crippen MR) is 53.1 cm³/mol. The quantitative estimate of drug-likeness (QED) is 0.654. The molecule has 1 aliphatic carbocycles. The van der Waals surface area contributed by atoms with Crippen molar-refractivity contribution in [1.82, 2.24) is 0 Å². The zero-order valence-electron chi connectivity index (χ0n) is 8.62. The van der Waals surface area contributed by atoms with Crippen molar-refractivity contribution in [2.24, 2.45) is 17.1 Å². The lowest BCUT2D eigenvalue weighted by molar-refractivity contribution is -0.106. The van der Waals surface area contributed by atoms with Crippen molar-refractivity contribution in [1.29, 1.82) is 0 Å². The van der Waals surface area contributed by atoms with E-state index in [0.29, 0.717) is 17.9 Å². The maximum Gasteiger partial charge on any atom is 0.204 e. The number of rotatable bonds is 3. The Morgan fingerprint density at radius 1 is 1.54 bits per heavy atom. The number of aliphatic hydroxyl groups is 1. The van der Waals surface area contributed by atoms with Crippen LogP contribution < -0.4 is 5.73 Å². The van der Waals surface area contributed by atoms with Gasteiger partial charge in [0.05, 0.1) is 0 Å². The molecular weight excluding hydrogens is 166 g/mol. The van der Waals surface area contributed by atoms with Crippen molar-refractivity contribution in [3.63, 3.8) is 0 Å². The van der Waals surface area contributed by atoms with Crippen molar-refractivity contribution in [3.05, 3.63) is 0 Å². The Hall–Kier alpha value is -0.570. The number of carbonyl (C=O) groups excluding carboxylic acids is 1. The Bertz CT molecular complexity index is 136. The van der Waals surface area contributed by atoms with E-state index in [9.17, 15) is 0 Å². The van der Waals surface area contributed by atoms with Gasteiger partial charge in [0.15, 0.2) is 0 Å². The molecule has 1 aliphatic rings. The van der Waals surface area contributed by atoms with Gasteiger partial charge in [0, 0.05) is 6.61 Å². The molecule has 1 unspecified atom stereocenters. The van der Waals surface area contributed by atoms with Gasteiger partial charge in [-0.25, -0.2) is 0 Å². The van der Waals surface area contributed by atoms with Crippen LogP contribution in [0.2, 0.25) is 0 Å². The first-order chi connectivity index (χ1) is 6.20. The Kier molecular flexibility index (Phi) is 5.71. The topological polar surface area (TPSA) is 63.3 Å². The summed E-state index contributed by atoms with van der Waals surface area (Å²) in [5.41, 5.74) is 4.69. The first-order valence-corrected chi connectivity index (χ1v) is 4.97. The third-order valence-electron chi connectivity index (χ3n) is 3.49. The van der Waals surface area contributed by atoms with Gasteiger partial charge in [-0.15, -0.1) is 0 Å². The van der Waals surface area contributed by atoms with Crippen molar-refractivity contribution < 1.29 is 9.90 Å². The van der Waals surface area contributed by atoms with Crippen LogP contribution in [0.3, 0.4) is 0 Å². The monoisotopic (exact) mass is 187 g/mol. The molecule has 1 atom stereocenters. The van der Waals surface area contributed by atoms with Crippen LogP contribution in [-0.4, -0.2) is 18.1 Å². The van der Waals surface area contributed by atoms with Gasteiger partial charge >= 0.3 is 0 Å². The first kappa shape index (κ1) is 12.4. The van der Waals surface area contributed by atoms with Gasteiger partial charge in [0.1, 0.15) is 0 Å². The second kappa shape index (κ2) is 5.97. The molecule has 0 aromatic rings. The van der Waals surface area contributed by atoms with Crippen LogP contribution in [0.4, 0.5) is 0 Å². The average molecular weight is 187 g/mol. The summed E-state index contributed by atoms with van der Waals surface area (Å²) >= 11 is 0. The summed E-state index contributed by atoms with van der Waals surface area (Å²) in [6.07, 6.45) is 5.33. The molecule has 0 aromatic carbocycles. The zero-order chi connectivity index (χ0) is 10.3. The van der Waals surface area contributed by atoms with Gasteiger partial charge in [-0.2, -0.15) is 0 Å². The maximum atomic E-state index is 8.98. The Labute approximate surface area is 80.3 Å². The Morgan fingerprint density at radius 2 is 2.00 bits per heavy atom. The standard InChI is InChI=1S/C9H18O.CH3NO/c1-3-9(4-2)6-5-8(9)7-10;2-1-3/h8,10H,3-7H2,1-2H3;1H,(H2,2,3). The molecule has 78 valence electrons. The fraction of sp³-hybridized carbons (Fsp3) is 0.900. The first-order valence-electron chi connectivity index (χ1n) is 4.97. The van der Waals surface area contributed by atoms with E-state index in [1.165, 1.54) is 25.7 Å². The van der Waals surface area contributed by atoms with Crippen molar-refractivity contribution >= 4 is 6.41 Å². The number of aliphatic hydroxyl groups excluding tert-OH is 1. The molecule has 1 amide bonds. The van der Waals surface area contributed by atoms with Crippen LogP contribution >= 0.6 is 0 Å². The lowest BCUT2D eigenvalue weighted by Gasteiger charge is -2.48. The molecule has 1 saturated carbocycles. The smallest absolute Gasteiger partial charge is 0.204 e. The van der Waals surface area contributed by atoms with Gasteiger partial charge in [-0.3, -0.25) is 4.79 Å². The molecule has 1 rings (SSSR count). The molecule has 3 nitrogen and oxygen atoms in total. The summed E-state index contributed by atoms with van der Waals surface area (Å²) in [7, 11) is 0. The van der Waals surface area contributed by atoms with Gasteiger partial charge in [0.2, 0.25) is 6.41 Å². The van der Waals surface area contributed by atoms with E-state index < -0.39 is 0 Å². The van der Waals surface area contributed by atoms with Crippen LogP contribution in [-0.2, 0) is 4.79 Å². The van der Waals surface area contributed by atoms with Crippen LogP contribution in [0.15, 0.2) is 0 Å². The molecule has 3 heteroatoms. The van der Waals surface area contributed by atoms with Crippen LogP contribution in [0.1, 0.15) is 39.5 Å². The highest BCUT2D eigenvalue weighted by atomic mass is 16.3. The minimum Gasteiger partial charge on any atom is -0.396 e. The fourth-order valence-corrected chi connectivity index (χ4v) is 2.22. The van der Waals surface area contributed by atoms with E-state index in [1.807, 2.05) is 0 Å². The Balaban J connectivity index is 0.000000424. The van der Waals surface area contributed by atoms with Crippen LogP contribution in [0.5, 0.6) is 0 Å². The molecule has 0 aliphatic heterocycles. The fourth-order valence-electron chi connectivity index (χ4n) is 2.22. The maximum absolute atomic E-state index is 8.98. The van der Waals surface area contributed by atoms with Gasteiger partial charge < -0.3 is 10.8 Å². The van der Waals surface area contributed by atoms with Crippen molar-refractivity contribution in [3.8, 4) is 0 Å². The van der Waals surface area contributed by atoms with Crippen molar-refractivity contribution in [2.45, 2.75) is 39.5 Å². The molecular formula is C10H21NO2. The molecule has 0 bridgehead atoms. The molecule has 0 saturated heterocycles. The van der Waals surface area contributed by atoms with Crippen LogP contribution in [0.25, 0.3) is 0 Å². The molecule has 13 heavy (non-hydrogen) atoms. The van der Waals surface area contributed by atoms with Crippen LogP contribution in [0, 0.1) is 11.3 Å². The second-order valence-electron chi connectivity index (χ2n) is 3.62. The molecule has 0 spiro atoms. The molecule has 0 aromatic heterocycles. The van der Waals surface area contributed by atoms with E-state index in [4.69, 9.17) is 9.90 Å². The summed E-state index contributed by atoms with van der Waals surface area (Å²) < 4.78 is 0. The minimum atomic E-state index is 0.250. The van der Waals surface area contributed by atoms with Gasteiger partial charge in [-0.1, -0.05) is 26.7 Å². The third-order valence-corrected chi connectivity index (χ3v) is 3.49. The summed E-state index contributed by atoms with van der Waals surface area (Å²) in [4.78, 5) is 8.58. The predicted octanol–water partition coefficient (Wildman–Crippen LogP) is 1.30. The van der Waals surface area contributed by atoms with Gasteiger partial charge in [0.25, 0.3) is 0 Å². The van der Waals surface area contributed by atoms with E-state index in [-0.39, 0.29) is 6.41 Å². The lowest BCUT2D eigenvalue weighted by atomic mass is 9.57. The summed E-state index contributed by atoms with van der Waals surface area (Å²) in [6.45, 7) is 4.89. The largest absolute Gasteiger partial charge is 0.396 e. The zero-order valence-corrected chi connectivity index (χ0v) is 8.62. The summed E-state index contributed by atoms with van der Waals surface area (Å²) in [5.74, 6) is 0.613. The average Bonchev–Trinajstić information content (AvgIpc) is 2.08.